The Labute approximate surface area is 111 Å². The van der Waals surface area contributed by atoms with Crippen LogP contribution in [0, 0.1) is 0 Å². The second kappa shape index (κ2) is 4.94. The standard InChI is InChI=1S/C15H15NOS/c17-13-6-1-3-11(9-13)7-8-15-16-14(10-18-15)12-4-2-5-12/h1,3,6-10,12,17H,2,4-5H2/b8-7+. The van der Waals surface area contributed by atoms with Crippen LogP contribution >= 0.6 is 11.3 Å². The van der Waals surface area contributed by atoms with E-state index in [4.69, 9.17) is 0 Å². The van der Waals surface area contributed by atoms with Crippen molar-refractivity contribution in [3.05, 3.63) is 45.9 Å². The Morgan fingerprint density at radius 3 is 2.89 bits per heavy atom. The third kappa shape index (κ3) is 2.46. The first-order valence-corrected chi connectivity index (χ1v) is 7.12. The lowest BCUT2D eigenvalue weighted by Crippen LogP contribution is -2.08. The van der Waals surface area contributed by atoms with Crippen LogP contribution in [0.25, 0.3) is 12.2 Å². The van der Waals surface area contributed by atoms with Crippen molar-refractivity contribution in [1.29, 1.82) is 0 Å². The summed E-state index contributed by atoms with van der Waals surface area (Å²) in [6, 6.07) is 7.24. The van der Waals surface area contributed by atoms with Gasteiger partial charge in [-0.1, -0.05) is 24.6 Å². The van der Waals surface area contributed by atoms with Gasteiger partial charge in [0.15, 0.2) is 0 Å². The molecule has 18 heavy (non-hydrogen) atoms. The smallest absolute Gasteiger partial charge is 0.116 e. The van der Waals surface area contributed by atoms with Crippen molar-refractivity contribution in [2.75, 3.05) is 0 Å². The van der Waals surface area contributed by atoms with Crippen LogP contribution in [-0.2, 0) is 0 Å². The molecule has 92 valence electrons. The van der Waals surface area contributed by atoms with Crippen molar-refractivity contribution in [3.8, 4) is 5.75 Å². The number of hydrogen-bond donors (Lipinski definition) is 1. The summed E-state index contributed by atoms with van der Waals surface area (Å²) in [4.78, 5) is 4.64. The van der Waals surface area contributed by atoms with Crippen LogP contribution in [0.5, 0.6) is 5.75 Å². The van der Waals surface area contributed by atoms with Crippen LogP contribution in [0.4, 0.5) is 0 Å². The van der Waals surface area contributed by atoms with Gasteiger partial charge in [0.2, 0.25) is 0 Å². The minimum atomic E-state index is 0.298. The molecule has 0 amide bonds. The van der Waals surface area contributed by atoms with Gasteiger partial charge in [0, 0.05) is 11.3 Å². The lowest BCUT2D eigenvalue weighted by molar-refractivity contribution is 0.412. The van der Waals surface area contributed by atoms with Crippen molar-refractivity contribution in [3.63, 3.8) is 0 Å². The molecule has 0 radical (unpaired) electrons. The Bertz CT molecular complexity index is 569. The van der Waals surface area contributed by atoms with E-state index in [0.717, 1.165) is 10.6 Å². The molecule has 3 rings (SSSR count). The molecular weight excluding hydrogens is 242 g/mol. The predicted octanol–water partition coefficient (Wildman–Crippen LogP) is 4.29. The molecule has 1 aliphatic rings. The number of aromatic nitrogens is 1. The van der Waals surface area contributed by atoms with Crippen LogP contribution in [0.3, 0.4) is 0 Å². The lowest BCUT2D eigenvalue weighted by Gasteiger charge is -2.22. The number of nitrogens with zero attached hydrogens (tertiary/aromatic N) is 1. The molecule has 0 atom stereocenters. The Hall–Kier alpha value is -1.61. The first-order chi connectivity index (χ1) is 8.81. The largest absolute Gasteiger partial charge is 0.508 e. The molecule has 0 saturated heterocycles. The normalized spacial score (nSPS) is 16.0. The van der Waals surface area contributed by atoms with Gasteiger partial charge in [-0.25, -0.2) is 4.98 Å². The van der Waals surface area contributed by atoms with E-state index in [1.165, 1.54) is 25.0 Å². The molecule has 0 aliphatic heterocycles. The van der Waals surface area contributed by atoms with E-state index in [-0.39, 0.29) is 0 Å². The zero-order chi connectivity index (χ0) is 12.4. The lowest BCUT2D eigenvalue weighted by atomic mass is 9.83. The molecule has 1 heterocycles. The van der Waals surface area contributed by atoms with E-state index in [1.807, 2.05) is 24.3 Å². The average molecular weight is 257 g/mol. The van der Waals surface area contributed by atoms with Crippen LogP contribution in [0.15, 0.2) is 29.6 Å². The molecule has 3 heteroatoms. The van der Waals surface area contributed by atoms with Gasteiger partial charge in [0.25, 0.3) is 0 Å². The molecule has 1 aromatic heterocycles. The second-order valence-electron chi connectivity index (χ2n) is 4.67. The first-order valence-electron chi connectivity index (χ1n) is 6.24. The van der Waals surface area contributed by atoms with Gasteiger partial charge in [0.05, 0.1) is 5.69 Å². The monoisotopic (exact) mass is 257 g/mol. The van der Waals surface area contributed by atoms with Crippen molar-refractivity contribution < 1.29 is 5.11 Å². The fourth-order valence-corrected chi connectivity index (χ4v) is 2.86. The average Bonchev–Trinajstić information content (AvgIpc) is 2.73. The highest BCUT2D eigenvalue weighted by atomic mass is 32.1. The maximum atomic E-state index is 9.38. The minimum Gasteiger partial charge on any atom is -0.508 e. The van der Waals surface area contributed by atoms with Gasteiger partial charge in [-0.15, -0.1) is 11.3 Å². The number of aromatic hydroxyl groups is 1. The molecule has 0 unspecified atom stereocenters. The van der Waals surface area contributed by atoms with Gasteiger partial charge < -0.3 is 5.11 Å². The first kappa shape index (κ1) is 11.5. The summed E-state index contributed by atoms with van der Waals surface area (Å²) >= 11 is 1.69. The molecule has 1 saturated carbocycles. The van der Waals surface area contributed by atoms with Crippen LogP contribution < -0.4 is 0 Å². The Morgan fingerprint density at radius 1 is 1.28 bits per heavy atom. The molecule has 1 aromatic carbocycles. The molecule has 2 nitrogen and oxygen atoms in total. The quantitative estimate of drug-likeness (QED) is 0.890. The number of hydrogen-bond acceptors (Lipinski definition) is 3. The van der Waals surface area contributed by atoms with E-state index in [2.05, 4.69) is 10.4 Å². The number of phenolic OH excluding ortho intramolecular Hbond substituents is 1. The molecular formula is C15H15NOS. The van der Waals surface area contributed by atoms with Crippen molar-refractivity contribution in [2.45, 2.75) is 25.2 Å². The van der Waals surface area contributed by atoms with E-state index >= 15 is 0 Å². The summed E-state index contributed by atoms with van der Waals surface area (Å²) in [7, 11) is 0. The topological polar surface area (TPSA) is 33.1 Å². The molecule has 0 spiro atoms. The zero-order valence-electron chi connectivity index (χ0n) is 10.0. The summed E-state index contributed by atoms with van der Waals surface area (Å²) in [6.07, 6.45) is 7.93. The van der Waals surface area contributed by atoms with E-state index in [9.17, 15) is 5.11 Å². The van der Waals surface area contributed by atoms with Gasteiger partial charge >= 0.3 is 0 Å². The third-order valence-electron chi connectivity index (χ3n) is 3.35. The summed E-state index contributed by atoms with van der Waals surface area (Å²) in [5.74, 6) is 0.996. The summed E-state index contributed by atoms with van der Waals surface area (Å²) in [6.45, 7) is 0. The van der Waals surface area contributed by atoms with Gasteiger partial charge in [0.1, 0.15) is 10.8 Å². The molecule has 2 aromatic rings. The summed E-state index contributed by atoms with van der Waals surface area (Å²) in [5.41, 5.74) is 2.25. The van der Waals surface area contributed by atoms with Crippen LogP contribution in [-0.4, -0.2) is 10.1 Å². The number of benzene rings is 1. The Morgan fingerprint density at radius 2 is 2.17 bits per heavy atom. The highest BCUT2D eigenvalue weighted by molar-refractivity contribution is 7.10. The van der Waals surface area contributed by atoms with Crippen LogP contribution in [0.1, 0.15) is 41.4 Å². The Kier molecular flexibility index (Phi) is 3.15. The minimum absolute atomic E-state index is 0.298. The Balaban J connectivity index is 1.73. The predicted molar refractivity (Wildman–Crippen MR) is 75.7 cm³/mol. The van der Waals surface area contributed by atoms with Gasteiger partial charge in [-0.2, -0.15) is 0 Å². The maximum Gasteiger partial charge on any atom is 0.116 e. The number of rotatable bonds is 3. The third-order valence-corrected chi connectivity index (χ3v) is 4.18. The van der Waals surface area contributed by atoms with Crippen molar-refractivity contribution in [2.24, 2.45) is 0 Å². The van der Waals surface area contributed by atoms with Crippen molar-refractivity contribution in [1.82, 2.24) is 4.98 Å². The SMILES string of the molecule is Oc1cccc(/C=C/c2nc(C3CCC3)cs2)c1. The molecule has 1 fully saturated rings. The second-order valence-corrected chi connectivity index (χ2v) is 5.56. The van der Waals surface area contributed by atoms with Crippen molar-refractivity contribution >= 4 is 23.5 Å². The van der Waals surface area contributed by atoms with E-state index < -0.39 is 0 Å². The highest BCUT2D eigenvalue weighted by Gasteiger charge is 2.21. The van der Waals surface area contributed by atoms with E-state index in [0.29, 0.717) is 11.7 Å². The highest BCUT2D eigenvalue weighted by Crippen LogP contribution is 2.36. The summed E-state index contributed by atoms with van der Waals surface area (Å²) in [5, 5.41) is 12.6. The fourth-order valence-electron chi connectivity index (χ4n) is 2.06. The zero-order valence-corrected chi connectivity index (χ0v) is 10.9. The fraction of sp³-hybridized carbons (Fsp3) is 0.267. The molecule has 0 bridgehead atoms. The molecule has 1 aliphatic carbocycles. The molecule has 1 N–H and O–H groups in total. The van der Waals surface area contributed by atoms with E-state index in [1.54, 1.807) is 23.5 Å². The van der Waals surface area contributed by atoms with Crippen LogP contribution in [0.2, 0.25) is 0 Å². The summed E-state index contributed by atoms with van der Waals surface area (Å²) < 4.78 is 0. The number of phenols is 1. The maximum absolute atomic E-state index is 9.38. The van der Waals surface area contributed by atoms with Gasteiger partial charge in [-0.05, 0) is 36.6 Å². The van der Waals surface area contributed by atoms with Gasteiger partial charge in [-0.3, -0.25) is 0 Å². The number of thiazole rings is 1.